The standard InChI is InChI=1S/C31H46O6S/c1-6-30(3,4)29(34)36-26-18-31(5,19-38-23-10-8-7-9-11-23)37-25-15-12-20(2)24(28(25)26)14-13-22-16-21(32)17-27(33)35-22/h7-11,20-22,24-26,28,32H,6,12-19H2,1-5H3/t20-,21+,22+,24-,25+,26-,28+,31?/m0/s1. The van der Waals surface area contributed by atoms with Crippen molar-refractivity contribution in [1.29, 1.82) is 0 Å². The van der Waals surface area contributed by atoms with E-state index in [1.807, 2.05) is 26.8 Å². The van der Waals surface area contributed by atoms with Gasteiger partial charge in [0.15, 0.2) is 0 Å². The van der Waals surface area contributed by atoms with Gasteiger partial charge in [-0.15, -0.1) is 11.8 Å². The van der Waals surface area contributed by atoms with E-state index in [4.69, 9.17) is 14.2 Å². The second-order valence-electron chi connectivity index (χ2n) is 12.7. The number of hydrogen-bond acceptors (Lipinski definition) is 7. The molecule has 1 aromatic rings. The highest BCUT2D eigenvalue weighted by Crippen LogP contribution is 2.49. The number of hydrogen-bond donors (Lipinski definition) is 1. The van der Waals surface area contributed by atoms with E-state index in [1.54, 1.807) is 11.8 Å². The largest absolute Gasteiger partial charge is 0.462 e. The molecule has 4 rings (SSSR count). The number of esters is 2. The summed E-state index contributed by atoms with van der Waals surface area (Å²) in [4.78, 5) is 26.4. The van der Waals surface area contributed by atoms with Crippen molar-refractivity contribution in [3.8, 4) is 0 Å². The fraction of sp³-hybridized carbons (Fsp3) is 0.742. The fourth-order valence-electron chi connectivity index (χ4n) is 6.42. The molecule has 3 fully saturated rings. The van der Waals surface area contributed by atoms with Crippen LogP contribution in [0.5, 0.6) is 0 Å². The molecule has 8 atom stereocenters. The molecular weight excluding hydrogens is 500 g/mol. The maximum absolute atomic E-state index is 13.3. The van der Waals surface area contributed by atoms with Crippen molar-refractivity contribution in [3.05, 3.63) is 30.3 Å². The van der Waals surface area contributed by atoms with Crippen LogP contribution >= 0.6 is 11.8 Å². The summed E-state index contributed by atoms with van der Waals surface area (Å²) in [6.45, 7) is 10.4. The van der Waals surface area contributed by atoms with Crippen LogP contribution in [-0.2, 0) is 23.8 Å². The van der Waals surface area contributed by atoms with Gasteiger partial charge in [0, 0.05) is 29.4 Å². The highest BCUT2D eigenvalue weighted by Gasteiger charge is 2.52. The van der Waals surface area contributed by atoms with Gasteiger partial charge in [-0.05, 0) is 76.8 Å². The Bertz CT molecular complexity index is 951. The third kappa shape index (κ3) is 7.14. The van der Waals surface area contributed by atoms with Crippen LogP contribution in [0.15, 0.2) is 35.2 Å². The van der Waals surface area contributed by atoms with Crippen molar-refractivity contribution in [2.45, 2.75) is 121 Å². The lowest BCUT2D eigenvalue weighted by molar-refractivity contribution is -0.223. The van der Waals surface area contributed by atoms with Gasteiger partial charge in [-0.1, -0.05) is 32.0 Å². The second kappa shape index (κ2) is 12.3. The van der Waals surface area contributed by atoms with Crippen LogP contribution in [0.2, 0.25) is 0 Å². The lowest BCUT2D eigenvalue weighted by Crippen LogP contribution is -2.58. The van der Waals surface area contributed by atoms with Crippen molar-refractivity contribution in [1.82, 2.24) is 0 Å². The molecule has 7 heteroatoms. The SMILES string of the molecule is CCC(C)(C)C(=O)O[C@H]1CC(C)(CSc2ccccc2)O[C@@H]2CC[C@H](C)[C@H](CC[C@@H]3C[C@@H](O)CC(=O)O3)[C@@H]12. The Kier molecular flexibility index (Phi) is 9.52. The molecule has 1 unspecified atom stereocenters. The van der Waals surface area contributed by atoms with E-state index in [2.05, 4.69) is 38.1 Å². The minimum absolute atomic E-state index is 0.0216. The molecular formula is C31H46O6S. The number of fused-ring (bicyclic) bond motifs is 1. The third-order valence-electron chi connectivity index (χ3n) is 9.10. The number of carbonyl (C=O) groups excluding carboxylic acids is 2. The van der Waals surface area contributed by atoms with Gasteiger partial charge in [-0.25, -0.2) is 0 Å². The quantitative estimate of drug-likeness (QED) is 0.292. The number of aliphatic hydroxyl groups is 1. The van der Waals surface area contributed by atoms with Crippen molar-refractivity contribution < 1.29 is 28.9 Å². The molecule has 3 aliphatic rings. The van der Waals surface area contributed by atoms with Gasteiger partial charge < -0.3 is 19.3 Å². The Morgan fingerprint density at radius 3 is 2.63 bits per heavy atom. The molecule has 0 bridgehead atoms. The molecule has 1 aliphatic carbocycles. The normalized spacial score (nSPS) is 35.7. The van der Waals surface area contributed by atoms with Gasteiger partial charge in [-0.2, -0.15) is 0 Å². The molecule has 1 saturated carbocycles. The molecule has 0 aromatic heterocycles. The van der Waals surface area contributed by atoms with Crippen LogP contribution < -0.4 is 0 Å². The number of ether oxygens (including phenoxy) is 3. The monoisotopic (exact) mass is 546 g/mol. The molecule has 2 saturated heterocycles. The molecule has 0 spiro atoms. The van der Waals surface area contributed by atoms with Crippen LogP contribution in [0.1, 0.15) is 86.0 Å². The zero-order valence-electron chi connectivity index (χ0n) is 23.7. The van der Waals surface area contributed by atoms with Crippen LogP contribution in [-0.4, -0.2) is 52.8 Å². The summed E-state index contributed by atoms with van der Waals surface area (Å²) in [6.07, 6.45) is 4.47. The van der Waals surface area contributed by atoms with E-state index in [-0.39, 0.29) is 42.6 Å². The summed E-state index contributed by atoms with van der Waals surface area (Å²) >= 11 is 1.79. The highest BCUT2D eigenvalue weighted by atomic mass is 32.2. The summed E-state index contributed by atoms with van der Waals surface area (Å²) < 4.78 is 18.9. The van der Waals surface area contributed by atoms with Gasteiger partial charge in [0.2, 0.25) is 0 Å². The third-order valence-corrected chi connectivity index (χ3v) is 10.5. The second-order valence-corrected chi connectivity index (χ2v) is 13.7. The van der Waals surface area contributed by atoms with E-state index >= 15 is 0 Å². The van der Waals surface area contributed by atoms with E-state index in [0.717, 1.165) is 31.4 Å². The molecule has 2 heterocycles. The van der Waals surface area contributed by atoms with Crippen LogP contribution in [0.3, 0.4) is 0 Å². The Morgan fingerprint density at radius 1 is 1.21 bits per heavy atom. The number of aliphatic hydroxyl groups excluding tert-OH is 1. The van der Waals surface area contributed by atoms with E-state index in [9.17, 15) is 14.7 Å². The molecule has 1 N–H and O–H groups in total. The Hall–Kier alpha value is -1.57. The first-order valence-electron chi connectivity index (χ1n) is 14.4. The first-order valence-corrected chi connectivity index (χ1v) is 15.4. The Morgan fingerprint density at radius 2 is 1.95 bits per heavy atom. The molecule has 6 nitrogen and oxygen atoms in total. The van der Waals surface area contributed by atoms with E-state index in [1.165, 1.54) is 4.90 Å². The summed E-state index contributed by atoms with van der Waals surface area (Å²) in [5.74, 6) is 1.19. The maximum Gasteiger partial charge on any atom is 0.311 e. The van der Waals surface area contributed by atoms with Gasteiger partial charge in [0.25, 0.3) is 0 Å². The average molecular weight is 547 g/mol. The topological polar surface area (TPSA) is 82.1 Å². The minimum atomic E-state index is -0.622. The summed E-state index contributed by atoms with van der Waals surface area (Å²) in [6, 6.07) is 10.4. The zero-order chi connectivity index (χ0) is 27.5. The minimum Gasteiger partial charge on any atom is -0.462 e. The van der Waals surface area contributed by atoms with Crippen LogP contribution in [0.25, 0.3) is 0 Å². The summed E-state index contributed by atoms with van der Waals surface area (Å²) in [7, 11) is 0. The lowest BCUT2D eigenvalue weighted by atomic mass is 9.64. The Labute approximate surface area is 232 Å². The number of carbonyl (C=O) groups is 2. The first kappa shape index (κ1) is 29.4. The van der Waals surface area contributed by atoms with Gasteiger partial charge in [0.1, 0.15) is 12.2 Å². The van der Waals surface area contributed by atoms with Crippen molar-refractivity contribution in [2.24, 2.45) is 23.2 Å². The highest BCUT2D eigenvalue weighted by molar-refractivity contribution is 7.99. The van der Waals surface area contributed by atoms with E-state index < -0.39 is 17.1 Å². The molecule has 1 aromatic carbocycles. The molecule has 38 heavy (non-hydrogen) atoms. The van der Waals surface area contributed by atoms with E-state index in [0.29, 0.717) is 31.1 Å². The first-order chi connectivity index (χ1) is 18.0. The van der Waals surface area contributed by atoms with Gasteiger partial charge in [-0.3, -0.25) is 9.59 Å². The number of rotatable bonds is 9. The molecule has 0 amide bonds. The maximum atomic E-state index is 13.3. The Balaban J connectivity index is 1.53. The zero-order valence-corrected chi connectivity index (χ0v) is 24.5. The van der Waals surface area contributed by atoms with Crippen molar-refractivity contribution in [2.75, 3.05) is 5.75 Å². The molecule has 0 radical (unpaired) electrons. The predicted octanol–water partition coefficient (Wildman–Crippen LogP) is 6.18. The number of thioether (sulfide) groups is 1. The summed E-state index contributed by atoms with van der Waals surface area (Å²) in [5, 5.41) is 10.1. The number of benzene rings is 1. The summed E-state index contributed by atoms with van der Waals surface area (Å²) in [5.41, 5.74) is -0.942. The molecule has 2 aliphatic heterocycles. The van der Waals surface area contributed by atoms with Crippen LogP contribution in [0.4, 0.5) is 0 Å². The van der Waals surface area contributed by atoms with Crippen LogP contribution in [0, 0.1) is 23.2 Å². The van der Waals surface area contributed by atoms with Crippen molar-refractivity contribution in [3.63, 3.8) is 0 Å². The lowest BCUT2D eigenvalue weighted by Gasteiger charge is -2.53. The number of cyclic esters (lactones) is 1. The fourth-order valence-corrected chi connectivity index (χ4v) is 7.42. The molecule has 212 valence electrons. The smallest absolute Gasteiger partial charge is 0.311 e. The van der Waals surface area contributed by atoms with Gasteiger partial charge in [0.05, 0.1) is 29.6 Å². The average Bonchev–Trinajstić information content (AvgIpc) is 2.87. The van der Waals surface area contributed by atoms with Crippen molar-refractivity contribution >= 4 is 23.7 Å². The van der Waals surface area contributed by atoms with Gasteiger partial charge >= 0.3 is 11.9 Å². The predicted molar refractivity (Wildman–Crippen MR) is 149 cm³/mol.